The minimum Gasteiger partial charge on any atom is -0.317 e. The summed E-state index contributed by atoms with van der Waals surface area (Å²) < 4.78 is 0. The van der Waals surface area contributed by atoms with Gasteiger partial charge in [-0.1, -0.05) is 337 Å². The number of rotatable bonds is 25. The molecular weight excluding hydrogens is 1450 g/mol. The lowest BCUT2D eigenvalue weighted by atomic mass is 9.86. The third-order valence-electron chi connectivity index (χ3n) is 23.6. The number of aryl methyl sites for hydroxylation is 7. The summed E-state index contributed by atoms with van der Waals surface area (Å²) in [7, 11) is 0. The van der Waals surface area contributed by atoms with Gasteiger partial charge in [-0.25, -0.2) is 0 Å². The Bertz CT molecular complexity index is 6230. The van der Waals surface area contributed by atoms with Crippen molar-refractivity contribution in [3.05, 3.63) is 513 Å². The van der Waals surface area contributed by atoms with E-state index in [1.807, 2.05) is 0 Å². The Morgan fingerprint density at radius 1 is 0.283 bits per heavy atom. The lowest BCUT2D eigenvalue weighted by Crippen LogP contribution is -2.13. The second kappa shape index (κ2) is 35.8. The fourth-order valence-corrected chi connectivity index (χ4v) is 16.6. The Hall–Kier alpha value is -14.1. The van der Waals surface area contributed by atoms with Crippen LogP contribution in [0.25, 0.3) is 44.5 Å². The van der Waals surface area contributed by atoms with E-state index in [9.17, 15) is 0 Å². The van der Waals surface area contributed by atoms with Crippen LogP contribution in [0.3, 0.4) is 0 Å². The highest BCUT2D eigenvalue weighted by Crippen LogP contribution is 2.44. The maximum Gasteiger partial charge on any atom is 0.0485 e. The molecule has 2 aliphatic carbocycles. The molecule has 120 heavy (non-hydrogen) atoms. The van der Waals surface area contributed by atoms with Crippen molar-refractivity contribution in [1.29, 1.82) is 0 Å². The van der Waals surface area contributed by atoms with Crippen molar-refractivity contribution < 1.29 is 0 Å². The summed E-state index contributed by atoms with van der Waals surface area (Å²) in [6.07, 6.45) is 20.6. The Morgan fingerprint density at radius 3 is 1.03 bits per heavy atom. The highest BCUT2D eigenvalue weighted by molar-refractivity contribution is 5.89. The van der Waals surface area contributed by atoms with Crippen molar-refractivity contribution in [2.75, 3.05) is 19.6 Å². The van der Waals surface area contributed by atoms with Gasteiger partial charge >= 0.3 is 0 Å². The third kappa shape index (κ3) is 18.4. The van der Waals surface area contributed by atoms with E-state index in [1.54, 1.807) is 0 Å². The molecule has 0 N–H and O–H groups in total. The molecule has 0 radical (unpaired) electrons. The molecule has 0 spiro atoms. The molecule has 1 atom stereocenters. The van der Waals surface area contributed by atoms with Gasteiger partial charge in [0, 0.05) is 92.9 Å². The quantitative estimate of drug-likeness (QED) is 0.0565. The van der Waals surface area contributed by atoms with E-state index in [1.165, 1.54) is 96.3 Å². The van der Waals surface area contributed by atoms with Gasteiger partial charge in [-0.3, -0.25) is 0 Å². The summed E-state index contributed by atoms with van der Waals surface area (Å²) in [5, 5.41) is 0. The molecule has 15 aromatic carbocycles. The normalized spacial score (nSPS) is 13.5. The fourth-order valence-electron chi connectivity index (χ4n) is 16.6. The van der Waals surface area contributed by atoms with E-state index in [4.69, 9.17) is 0 Å². The average molecular weight is 1550 g/mol. The molecule has 1 saturated carbocycles. The van der Waals surface area contributed by atoms with Crippen molar-refractivity contribution >= 4 is 67.8 Å². The van der Waals surface area contributed by atoms with Crippen LogP contribution in [0, 0.1) is 54.4 Å². The molecule has 4 nitrogen and oxygen atoms in total. The molecule has 0 aliphatic heterocycles. The lowest BCUT2D eigenvalue weighted by molar-refractivity contribution is 0.831. The van der Waals surface area contributed by atoms with E-state index in [-0.39, 0.29) is 5.92 Å². The molecule has 2 aliphatic rings. The van der Waals surface area contributed by atoms with E-state index < -0.39 is 0 Å². The predicted octanol–water partition coefficient (Wildman–Crippen LogP) is 31.0. The third-order valence-corrected chi connectivity index (χ3v) is 23.6. The monoisotopic (exact) mass is 1550 g/mol. The van der Waals surface area contributed by atoms with Crippen LogP contribution >= 0.6 is 0 Å². The predicted molar refractivity (Wildman–Crippen MR) is 511 cm³/mol. The number of hydrogen-bond donors (Lipinski definition) is 0. The second-order valence-corrected chi connectivity index (χ2v) is 32.7. The van der Waals surface area contributed by atoms with Crippen LogP contribution in [0.1, 0.15) is 127 Å². The van der Waals surface area contributed by atoms with Gasteiger partial charge in [-0.05, 0) is 267 Å². The molecule has 0 aromatic heterocycles. The summed E-state index contributed by atoms with van der Waals surface area (Å²) in [6.45, 7) is 17.5. The van der Waals surface area contributed by atoms with Crippen LogP contribution < -0.4 is 19.6 Å². The second-order valence-electron chi connectivity index (χ2n) is 32.7. The molecule has 17 rings (SSSR count). The molecule has 1 fully saturated rings. The molecular formula is C116H102N4. The first-order valence-corrected chi connectivity index (χ1v) is 42.3. The van der Waals surface area contributed by atoms with Crippen molar-refractivity contribution in [3.8, 4) is 22.3 Å². The molecule has 586 valence electrons. The largest absolute Gasteiger partial charge is 0.317 e. The summed E-state index contributed by atoms with van der Waals surface area (Å²) in [6, 6.07) is 137. The maximum absolute atomic E-state index is 2.39. The van der Waals surface area contributed by atoms with Crippen LogP contribution in [-0.2, 0) is 6.42 Å². The van der Waals surface area contributed by atoms with Crippen LogP contribution in [0.4, 0.5) is 45.5 Å². The number of hydrogen-bond acceptors (Lipinski definition) is 4. The topological polar surface area (TPSA) is 13.0 Å². The molecule has 1 unspecified atom stereocenters. The average Bonchev–Trinajstić information content (AvgIpc) is 0.934. The zero-order chi connectivity index (χ0) is 82.0. The molecule has 15 aromatic rings. The van der Waals surface area contributed by atoms with Gasteiger partial charge in [0.1, 0.15) is 0 Å². The summed E-state index contributed by atoms with van der Waals surface area (Å²) in [5.74, 6) is 0.904. The van der Waals surface area contributed by atoms with Gasteiger partial charge in [-0.2, -0.15) is 0 Å². The molecule has 0 heterocycles. The van der Waals surface area contributed by atoms with Crippen LogP contribution in [0.5, 0.6) is 0 Å². The Kier molecular flexibility index (Phi) is 23.4. The van der Waals surface area contributed by atoms with Crippen molar-refractivity contribution in [2.45, 2.75) is 87.0 Å². The highest BCUT2D eigenvalue weighted by Gasteiger charge is 2.25. The summed E-state index contributed by atoms with van der Waals surface area (Å²) in [5.41, 5.74) is 40.0. The zero-order valence-electron chi connectivity index (χ0n) is 70.0. The Labute approximate surface area is 711 Å². The first-order valence-electron chi connectivity index (χ1n) is 42.3. The SMILES string of the molecule is CC1=CCC(C(=CN(c2ccc(C)cc2)c2ccc(-c3ccc(N(C=C(c4ccc(C)cc4)c4ccc(C5CC5)cc4)c4ccc(Cc5cccc(C(=CN(c6ccc(-c7ccc(N(C=C(c8ccccc8)c8ccccc8)c8ccc(C)cc8C)cc7)cc6)c6ccc(C)cc6C)c6ccccc6)c5)cc4)cc3)cc2)c2ccc(C)cc2)C=C1. The van der Waals surface area contributed by atoms with Gasteiger partial charge in [-0.15, -0.1) is 0 Å². The fraction of sp³-hybridized carbons (Fsp3) is 0.121. The molecule has 0 bridgehead atoms. The summed E-state index contributed by atoms with van der Waals surface area (Å²) >= 11 is 0. The van der Waals surface area contributed by atoms with Gasteiger partial charge in [0.05, 0.1) is 0 Å². The number of nitrogens with zero attached hydrogens (tertiary/aromatic N) is 4. The van der Waals surface area contributed by atoms with Gasteiger partial charge in [0.2, 0.25) is 0 Å². The van der Waals surface area contributed by atoms with E-state index in [2.05, 4.69) is 488 Å². The highest BCUT2D eigenvalue weighted by atomic mass is 15.1. The zero-order valence-corrected chi connectivity index (χ0v) is 70.0. The van der Waals surface area contributed by atoms with Gasteiger partial charge < -0.3 is 19.6 Å². The lowest BCUT2D eigenvalue weighted by Gasteiger charge is -2.27. The minimum atomic E-state index is 0.240. The number of allylic oxidation sites excluding steroid dienone is 5. The summed E-state index contributed by atoms with van der Waals surface area (Å²) in [4.78, 5) is 9.49. The first kappa shape index (κ1) is 78.5. The maximum atomic E-state index is 2.39. The first-order chi connectivity index (χ1) is 58.7. The van der Waals surface area contributed by atoms with Crippen molar-refractivity contribution in [3.63, 3.8) is 0 Å². The van der Waals surface area contributed by atoms with E-state index >= 15 is 0 Å². The van der Waals surface area contributed by atoms with Gasteiger partial charge in [0.15, 0.2) is 0 Å². The van der Waals surface area contributed by atoms with Crippen LogP contribution in [0.15, 0.2) is 419 Å². The smallest absolute Gasteiger partial charge is 0.0485 e. The van der Waals surface area contributed by atoms with Crippen molar-refractivity contribution in [2.24, 2.45) is 5.92 Å². The standard InChI is InChI=1S/C116H102N4/c1-81-27-39-100(40-28-81)111(101-41-29-82(2)30-42-101)77-117(105-59-33-84(4)34-60-105)107-63-51-93(52-64-107)94-53-65-108(66-54-94)118(78-112(102-43-31-83(3)32-44-102)103-49-47-92(48-50-103)91-45-46-91)106-61-37-89(38-62-106)75-90-19-18-26-104(76-90)114(99-24-16-11-17-25-99)80-120(116-72-36-86(6)74-88(116)8)110-69-57-96(58-70-110)95-55-67-109(68-56-95)119(115-71-35-85(5)73-87(115)7)79-113(97-20-12-9-13-21-97)98-22-14-10-15-23-98/h9-41,43-44,47-74,76-80,91,101H,42,45-46,75H2,1-8H3. The van der Waals surface area contributed by atoms with Gasteiger partial charge in [0.25, 0.3) is 0 Å². The van der Waals surface area contributed by atoms with E-state index in [0.717, 1.165) is 120 Å². The molecule has 0 amide bonds. The molecule has 0 saturated heterocycles. The Morgan fingerprint density at radius 2 is 0.625 bits per heavy atom. The number of anilines is 8. The number of benzene rings is 15. The van der Waals surface area contributed by atoms with Crippen LogP contribution in [-0.4, -0.2) is 0 Å². The van der Waals surface area contributed by atoms with Crippen molar-refractivity contribution in [1.82, 2.24) is 0 Å². The Balaban J connectivity index is 0.681. The minimum absolute atomic E-state index is 0.240. The molecule has 4 heteroatoms. The van der Waals surface area contributed by atoms with Crippen LogP contribution in [0.2, 0.25) is 0 Å². The van der Waals surface area contributed by atoms with E-state index in [0.29, 0.717) is 5.92 Å².